The second-order valence-corrected chi connectivity index (χ2v) is 9.19. The van der Waals surface area contributed by atoms with E-state index in [1.165, 1.54) is 6.20 Å². The van der Waals surface area contributed by atoms with Gasteiger partial charge in [-0.2, -0.15) is 13.2 Å². The minimum atomic E-state index is -4.77. The first-order chi connectivity index (χ1) is 17.0. The molecule has 4 rings (SSSR count). The van der Waals surface area contributed by atoms with Crippen molar-refractivity contribution in [1.29, 1.82) is 0 Å². The van der Waals surface area contributed by atoms with Crippen LogP contribution in [0.15, 0.2) is 48.8 Å². The van der Waals surface area contributed by atoms with E-state index in [1.807, 2.05) is 6.92 Å². The highest BCUT2D eigenvalue weighted by molar-refractivity contribution is 5.96. The Hall–Kier alpha value is -3.24. The second-order valence-electron chi connectivity index (χ2n) is 9.19. The number of Topliss-reactive ketones (excluding diaryl/α,β-unsaturated/α-hetero) is 1. The molecule has 3 N–H and O–H groups in total. The fourth-order valence-electron chi connectivity index (χ4n) is 4.75. The molecule has 1 saturated carbocycles. The lowest BCUT2D eigenvalue weighted by Crippen LogP contribution is -2.44. The highest BCUT2D eigenvalue weighted by Crippen LogP contribution is 2.37. The molecular weight excluding hydrogens is 481 g/mol. The number of nitrogens with two attached hydrogens (primary N) is 1. The average Bonchev–Trinajstić information content (AvgIpc) is 2.82. The maximum Gasteiger partial charge on any atom is 0.416 e. The van der Waals surface area contributed by atoms with Gasteiger partial charge in [-0.25, -0.2) is 13.8 Å². The van der Waals surface area contributed by atoms with E-state index in [9.17, 15) is 31.9 Å². The van der Waals surface area contributed by atoms with Crippen molar-refractivity contribution < 1.29 is 31.9 Å². The number of halogens is 5. The summed E-state index contributed by atoms with van der Waals surface area (Å²) in [5, 5.41) is 10.2. The third-order valence-corrected chi connectivity index (χ3v) is 6.65. The Balaban J connectivity index is 1.64. The smallest absolute Gasteiger partial charge is 0.391 e. The Bertz CT molecular complexity index is 1270. The summed E-state index contributed by atoms with van der Waals surface area (Å²) in [7, 11) is 0. The number of ketones is 1. The van der Waals surface area contributed by atoms with Crippen LogP contribution in [0.25, 0.3) is 11.3 Å². The molecule has 2 heterocycles. The molecule has 0 aliphatic heterocycles. The SMILES string of the molecule is C[C@H]1C[C@@H](c2ccncc2CC(=O)c2ccc(F)c(-c3cc(C(F)(F)F)ccc3F)n2)C[C@@H](N)[C@@H]1O. The number of hydrogen-bond acceptors (Lipinski definition) is 5. The lowest BCUT2D eigenvalue weighted by molar-refractivity contribution is -0.137. The molecule has 36 heavy (non-hydrogen) atoms. The number of benzene rings is 1. The summed E-state index contributed by atoms with van der Waals surface area (Å²) >= 11 is 0. The van der Waals surface area contributed by atoms with Gasteiger partial charge in [0, 0.05) is 30.4 Å². The van der Waals surface area contributed by atoms with Gasteiger partial charge in [0.2, 0.25) is 0 Å². The first-order valence-corrected chi connectivity index (χ1v) is 11.4. The molecular formula is C26H24F5N3O2. The fraction of sp³-hybridized carbons (Fsp3) is 0.346. The molecule has 5 nitrogen and oxygen atoms in total. The summed E-state index contributed by atoms with van der Waals surface area (Å²) in [6.45, 7) is 1.90. The van der Waals surface area contributed by atoms with Crippen LogP contribution in [0, 0.1) is 17.6 Å². The molecule has 2 aromatic heterocycles. The number of pyridine rings is 2. The van der Waals surface area contributed by atoms with Crippen molar-refractivity contribution in [2.24, 2.45) is 11.7 Å². The molecule has 10 heteroatoms. The summed E-state index contributed by atoms with van der Waals surface area (Å²) in [5.74, 6) is -2.75. The lowest BCUT2D eigenvalue weighted by atomic mass is 9.74. The number of alkyl halides is 3. The zero-order valence-corrected chi connectivity index (χ0v) is 19.3. The molecule has 0 unspecified atom stereocenters. The summed E-state index contributed by atoms with van der Waals surface area (Å²) in [5.41, 5.74) is 4.78. The van der Waals surface area contributed by atoms with Crippen molar-refractivity contribution in [3.8, 4) is 11.3 Å². The molecule has 1 aliphatic rings. The minimum absolute atomic E-state index is 0.0138. The van der Waals surface area contributed by atoms with E-state index in [-0.39, 0.29) is 24.0 Å². The summed E-state index contributed by atoms with van der Waals surface area (Å²) in [6.07, 6.45) is -1.24. The van der Waals surface area contributed by atoms with Crippen LogP contribution in [-0.2, 0) is 12.6 Å². The van der Waals surface area contributed by atoms with Gasteiger partial charge in [-0.1, -0.05) is 6.92 Å². The van der Waals surface area contributed by atoms with Gasteiger partial charge >= 0.3 is 6.18 Å². The molecule has 0 spiro atoms. The minimum Gasteiger partial charge on any atom is -0.391 e. The number of nitrogens with zero attached hydrogens (tertiary/aromatic N) is 2. The molecule has 1 fully saturated rings. The van der Waals surface area contributed by atoms with Gasteiger partial charge in [0.15, 0.2) is 5.78 Å². The van der Waals surface area contributed by atoms with Gasteiger partial charge < -0.3 is 10.8 Å². The molecule has 0 saturated heterocycles. The van der Waals surface area contributed by atoms with Crippen molar-refractivity contribution in [2.45, 2.75) is 50.4 Å². The van der Waals surface area contributed by atoms with E-state index in [2.05, 4.69) is 9.97 Å². The Labute approximate surface area is 204 Å². The van der Waals surface area contributed by atoms with E-state index < -0.39 is 52.6 Å². The van der Waals surface area contributed by atoms with E-state index in [0.717, 1.165) is 17.7 Å². The van der Waals surface area contributed by atoms with Gasteiger partial charge in [0.25, 0.3) is 0 Å². The van der Waals surface area contributed by atoms with Crippen LogP contribution < -0.4 is 5.73 Å². The summed E-state index contributed by atoms with van der Waals surface area (Å²) in [6, 6.07) is 4.96. The molecule has 0 bridgehead atoms. The van der Waals surface area contributed by atoms with Gasteiger partial charge in [-0.15, -0.1) is 0 Å². The van der Waals surface area contributed by atoms with E-state index in [4.69, 9.17) is 5.73 Å². The highest BCUT2D eigenvalue weighted by atomic mass is 19.4. The number of rotatable bonds is 5. The zero-order chi connectivity index (χ0) is 26.2. The largest absolute Gasteiger partial charge is 0.416 e. The van der Waals surface area contributed by atoms with Crippen LogP contribution in [0.5, 0.6) is 0 Å². The Morgan fingerprint density at radius 2 is 1.83 bits per heavy atom. The monoisotopic (exact) mass is 505 g/mol. The number of carbonyl (C=O) groups is 1. The van der Waals surface area contributed by atoms with Crippen molar-refractivity contribution in [2.75, 3.05) is 0 Å². The van der Waals surface area contributed by atoms with Gasteiger partial charge in [0.05, 0.1) is 11.7 Å². The van der Waals surface area contributed by atoms with E-state index in [1.54, 1.807) is 12.3 Å². The predicted octanol–water partition coefficient (Wildman–Crippen LogP) is 5.07. The number of aromatic nitrogens is 2. The third-order valence-electron chi connectivity index (χ3n) is 6.65. The topological polar surface area (TPSA) is 89.1 Å². The Kier molecular flexibility index (Phi) is 7.19. The molecule has 3 aromatic rings. The first kappa shape index (κ1) is 25.8. The van der Waals surface area contributed by atoms with Crippen LogP contribution in [0.2, 0.25) is 0 Å². The van der Waals surface area contributed by atoms with Crippen molar-refractivity contribution in [3.63, 3.8) is 0 Å². The maximum absolute atomic E-state index is 14.5. The average molecular weight is 505 g/mol. The molecule has 1 aliphatic carbocycles. The number of aliphatic hydroxyl groups is 1. The van der Waals surface area contributed by atoms with E-state index in [0.29, 0.717) is 36.6 Å². The molecule has 4 atom stereocenters. The predicted molar refractivity (Wildman–Crippen MR) is 122 cm³/mol. The molecule has 1 aromatic carbocycles. The van der Waals surface area contributed by atoms with Gasteiger partial charge in [-0.05, 0) is 72.2 Å². The van der Waals surface area contributed by atoms with Gasteiger partial charge in [-0.3, -0.25) is 9.78 Å². The summed E-state index contributed by atoms with van der Waals surface area (Å²) in [4.78, 5) is 21.1. The van der Waals surface area contributed by atoms with Crippen molar-refractivity contribution >= 4 is 5.78 Å². The van der Waals surface area contributed by atoms with Gasteiger partial charge in [0.1, 0.15) is 23.0 Å². The quantitative estimate of drug-likeness (QED) is 0.374. The molecule has 0 amide bonds. The lowest BCUT2D eigenvalue weighted by Gasteiger charge is -2.36. The van der Waals surface area contributed by atoms with Crippen LogP contribution in [-0.4, -0.2) is 33.0 Å². The van der Waals surface area contributed by atoms with Crippen molar-refractivity contribution in [1.82, 2.24) is 9.97 Å². The normalized spacial score (nSPS) is 22.4. The van der Waals surface area contributed by atoms with Crippen LogP contribution in [0.1, 0.15) is 52.9 Å². The van der Waals surface area contributed by atoms with Crippen LogP contribution in [0.3, 0.4) is 0 Å². The van der Waals surface area contributed by atoms with E-state index >= 15 is 0 Å². The molecule has 0 radical (unpaired) electrons. The number of aliphatic hydroxyl groups excluding tert-OH is 1. The standard InChI is InChI=1S/C26H24F5N3O2/c1-13-8-14(9-21(32)25(13)36)17-6-7-33-12-15(17)10-23(35)22-5-4-20(28)24(34-22)18-11-16(26(29,30)31)2-3-19(18)27/h2-7,11-14,21,25,36H,8-10,32H2,1H3/t13-,14+,21+,25+/m0/s1. The Morgan fingerprint density at radius 3 is 2.53 bits per heavy atom. The molecule has 190 valence electrons. The van der Waals surface area contributed by atoms with Crippen molar-refractivity contribution in [3.05, 3.63) is 82.8 Å². The zero-order valence-electron chi connectivity index (χ0n) is 19.3. The highest BCUT2D eigenvalue weighted by Gasteiger charge is 2.34. The van der Waals surface area contributed by atoms with Crippen LogP contribution >= 0.6 is 0 Å². The number of hydrogen-bond donors (Lipinski definition) is 2. The third kappa shape index (κ3) is 5.29. The number of carbonyl (C=O) groups excluding carboxylic acids is 1. The fourth-order valence-corrected chi connectivity index (χ4v) is 4.75. The van der Waals surface area contributed by atoms with Crippen LogP contribution in [0.4, 0.5) is 22.0 Å². The Morgan fingerprint density at radius 1 is 1.11 bits per heavy atom. The summed E-state index contributed by atoms with van der Waals surface area (Å²) < 4.78 is 68.2. The first-order valence-electron chi connectivity index (χ1n) is 11.4. The second kappa shape index (κ2) is 10.0. The maximum atomic E-state index is 14.5.